The maximum atomic E-state index is 12.1. The van der Waals surface area contributed by atoms with Gasteiger partial charge in [-0.3, -0.25) is 4.68 Å². The third-order valence-electron chi connectivity index (χ3n) is 3.40. The molecule has 2 aromatic rings. The largest absolute Gasteiger partial charge is 0.573 e. The molecule has 1 heterocycles. The molecule has 0 aliphatic rings. The normalized spacial score (nSPS) is 11.6. The number of aliphatic hydroxyl groups excluding tert-OH is 1. The Morgan fingerprint density at radius 1 is 1.22 bits per heavy atom. The zero-order valence-electron chi connectivity index (χ0n) is 12.8. The number of aromatic nitrogens is 2. The third kappa shape index (κ3) is 4.62. The van der Waals surface area contributed by atoms with Gasteiger partial charge in [0.05, 0.1) is 18.8 Å². The molecule has 0 unspecified atom stereocenters. The van der Waals surface area contributed by atoms with Crippen LogP contribution >= 0.6 is 0 Å². The quantitative estimate of drug-likeness (QED) is 0.855. The fourth-order valence-corrected chi connectivity index (χ4v) is 2.27. The number of aliphatic hydroxyl groups is 1. The number of hydrogen-bond acceptors (Lipinski definition) is 4. The molecule has 1 aromatic carbocycles. The summed E-state index contributed by atoms with van der Waals surface area (Å²) in [7, 11) is 0. The standard InChI is InChI=1S/C15H18F3N3O2/c1-10-14(11(2)21(20-10)7-8-22)9-19-12-3-5-13(6-4-12)23-15(16,17)18/h3-6,19,22H,7-9H2,1-2H3. The second-order valence-electron chi connectivity index (χ2n) is 5.02. The Hall–Kier alpha value is -2.22. The summed E-state index contributed by atoms with van der Waals surface area (Å²) < 4.78 is 41.9. The molecule has 0 fully saturated rings. The van der Waals surface area contributed by atoms with Gasteiger partial charge in [-0.15, -0.1) is 13.2 Å². The van der Waals surface area contributed by atoms with Gasteiger partial charge < -0.3 is 15.2 Å². The van der Waals surface area contributed by atoms with Crippen LogP contribution in [0.25, 0.3) is 0 Å². The molecule has 0 aliphatic heterocycles. The fourth-order valence-electron chi connectivity index (χ4n) is 2.27. The molecule has 0 radical (unpaired) electrons. The highest BCUT2D eigenvalue weighted by atomic mass is 19.4. The Labute approximate surface area is 131 Å². The van der Waals surface area contributed by atoms with E-state index in [1.54, 1.807) is 4.68 Å². The number of ether oxygens (including phenoxy) is 1. The second-order valence-corrected chi connectivity index (χ2v) is 5.02. The molecule has 2 rings (SSSR count). The molecule has 0 saturated carbocycles. The molecule has 126 valence electrons. The minimum atomic E-state index is -4.69. The van der Waals surface area contributed by atoms with E-state index in [1.807, 2.05) is 13.8 Å². The summed E-state index contributed by atoms with van der Waals surface area (Å²) in [6.45, 7) is 4.71. The van der Waals surface area contributed by atoms with Crippen molar-refractivity contribution < 1.29 is 23.0 Å². The Balaban J connectivity index is 2.01. The van der Waals surface area contributed by atoms with Crippen LogP contribution < -0.4 is 10.1 Å². The zero-order valence-corrected chi connectivity index (χ0v) is 12.8. The first-order valence-corrected chi connectivity index (χ1v) is 7.03. The second kappa shape index (κ2) is 6.91. The molecule has 8 heteroatoms. The van der Waals surface area contributed by atoms with Gasteiger partial charge in [0, 0.05) is 23.5 Å². The van der Waals surface area contributed by atoms with Crippen molar-refractivity contribution in [2.45, 2.75) is 33.3 Å². The van der Waals surface area contributed by atoms with Crippen LogP contribution in [0.1, 0.15) is 17.0 Å². The van der Waals surface area contributed by atoms with Crippen molar-refractivity contribution in [1.29, 1.82) is 0 Å². The highest BCUT2D eigenvalue weighted by Crippen LogP contribution is 2.24. The molecule has 1 aromatic heterocycles. The van der Waals surface area contributed by atoms with Crippen molar-refractivity contribution >= 4 is 5.69 Å². The number of alkyl halides is 3. The van der Waals surface area contributed by atoms with E-state index in [1.165, 1.54) is 24.3 Å². The van der Waals surface area contributed by atoms with E-state index in [-0.39, 0.29) is 12.4 Å². The maximum absolute atomic E-state index is 12.1. The van der Waals surface area contributed by atoms with E-state index >= 15 is 0 Å². The molecule has 23 heavy (non-hydrogen) atoms. The lowest BCUT2D eigenvalue weighted by Crippen LogP contribution is -2.17. The third-order valence-corrected chi connectivity index (χ3v) is 3.40. The SMILES string of the molecule is Cc1nn(CCO)c(C)c1CNc1ccc(OC(F)(F)F)cc1. The van der Waals surface area contributed by atoms with Gasteiger partial charge in [-0.1, -0.05) is 0 Å². The van der Waals surface area contributed by atoms with E-state index in [0.717, 1.165) is 17.0 Å². The van der Waals surface area contributed by atoms with Crippen LogP contribution in [-0.2, 0) is 13.1 Å². The molecular formula is C15H18F3N3O2. The number of anilines is 1. The number of halogens is 3. The molecule has 0 aliphatic carbocycles. The Kier molecular flexibility index (Phi) is 5.15. The summed E-state index contributed by atoms with van der Waals surface area (Å²) >= 11 is 0. The van der Waals surface area contributed by atoms with Crippen LogP contribution in [0.3, 0.4) is 0 Å². The highest BCUT2D eigenvalue weighted by molar-refractivity contribution is 5.47. The van der Waals surface area contributed by atoms with Crippen molar-refractivity contribution in [3.05, 3.63) is 41.2 Å². The van der Waals surface area contributed by atoms with Crippen LogP contribution in [0.4, 0.5) is 18.9 Å². The van der Waals surface area contributed by atoms with Crippen LogP contribution in [0.5, 0.6) is 5.75 Å². The predicted molar refractivity (Wildman–Crippen MR) is 79.2 cm³/mol. The summed E-state index contributed by atoms with van der Waals surface area (Å²) in [5, 5.41) is 16.5. The molecular weight excluding hydrogens is 311 g/mol. The van der Waals surface area contributed by atoms with Crippen molar-refractivity contribution in [2.75, 3.05) is 11.9 Å². The maximum Gasteiger partial charge on any atom is 0.573 e. The monoisotopic (exact) mass is 329 g/mol. The first-order chi connectivity index (χ1) is 10.8. The molecule has 0 saturated heterocycles. The van der Waals surface area contributed by atoms with Gasteiger partial charge in [0.2, 0.25) is 0 Å². The number of benzene rings is 1. The van der Waals surface area contributed by atoms with Crippen LogP contribution in [0, 0.1) is 13.8 Å². The zero-order chi connectivity index (χ0) is 17.0. The summed E-state index contributed by atoms with van der Waals surface area (Å²) in [6, 6.07) is 5.54. The number of rotatable bonds is 6. The number of nitrogens with one attached hydrogen (secondary N) is 1. The van der Waals surface area contributed by atoms with Crippen molar-refractivity contribution in [3.63, 3.8) is 0 Å². The van der Waals surface area contributed by atoms with Crippen LogP contribution in [0.15, 0.2) is 24.3 Å². The summed E-state index contributed by atoms with van der Waals surface area (Å²) in [5.74, 6) is -0.258. The van der Waals surface area contributed by atoms with Crippen molar-refractivity contribution in [1.82, 2.24) is 9.78 Å². The van der Waals surface area contributed by atoms with Gasteiger partial charge in [-0.05, 0) is 38.1 Å². The lowest BCUT2D eigenvalue weighted by Gasteiger charge is -2.11. The fraction of sp³-hybridized carbons (Fsp3) is 0.400. The van der Waals surface area contributed by atoms with Gasteiger partial charge in [0.1, 0.15) is 5.75 Å². The first kappa shape index (κ1) is 17.1. The molecule has 0 bridgehead atoms. The minimum absolute atomic E-state index is 0.00942. The first-order valence-electron chi connectivity index (χ1n) is 7.03. The molecule has 2 N–H and O–H groups in total. The molecule has 0 spiro atoms. The Morgan fingerprint density at radius 2 is 1.87 bits per heavy atom. The van der Waals surface area contributed by atoms with E-state index in [9.17, 15) is 13.2 Å². The number of aryl methyl sites for hydroxylation is 1. The van der Waals surface area contributed by atoms with E-state index in [4.69, 9.17) is 5.11 Å². The van der Waals surface area contributed by atoms with Crippen LogP contribution in [0.2, 0.25) is 0 Å². The average Bonchev–Trinajstić information content (AvgIpc) is 2.72. The van der Waals surface area contributed by atoms with Gasteiger partial charge in [0.25, 0.3) is 0 Å². The molecule has 0 amide bonds. The van der Waals surface area contributed by atoms with E-state index in [0.29, 0.717) is 18.8 Å². The van der Waals surface area contributed by atoms with Crippen molar-refractivity contribution in [2.24, 2.45) is 0 Å². The lowest BCUT2D eigenvalue weighted by molar-refractivity contribution is -0.274. The smallest absolute Gasteiger partial charge is 0.406 e. The number of hydrogen-bond donors (Lipinski definition) is 2. The minimum Gasteiger partial charge on any atom is -0.406 e. The lowest BCUT2D eigenvalue weighted by atomic mass is 10.2. The summed E-state index contributed by atoms with van der Waals surface area (Å²) in [6.07, 6.45) is -4.69. The van der Waals surface area contributed by atoms with Crippen LogP contribution in [-0.4, -0.2) is 27.9 Å². The Bertz CT molecular complexity index is 651. The Morgan fingerprint density at radius 3 is 2.43 bits per heavy atom. The van der Waals surface area contributed by atoms with Crippen molar-refractivity contribution in [3.8, 4) is 5.75 Å². The summed E-state index contributed by atoms with van der Waals surface area (Å²) in [5.41, 5.74) is 3.46. The van der Waals surface area contributed by atoms with Gasteiger partial charge in [-0.2, -0.15) is 5.10 Å². The topological polar surface area (TPSA) is 59.3 Å². The van der Waals surface area contributed by atoms with E-state index in [2.05, 4.69) is 15.2 Å². The van der Waals surface area contributed by atoms with Gasteiger partial charge >= 0.3 is 6.36 Å². The van der Waals surface area contributed by atoms with Gasteiger partial charge in [-0.25, -0.2) is 0 Å². The average molecular weight is 329 g/mol. The van der Waals surface area contributed by atoms with Gasteiger partial charge in [0.15, 0.2) is 0 Å². The summed E-state index contributed by atoms with van der Waals surface area (Å²) in [4.78, 5) is 0. The molecule has 0 atom stereocenters. The highest BCUT2D eigenvalue weighted by Gasteiger charge is 2.30. The molecule has 5 nitrogen and oxygen atoms in total. The van der Waals surface area contributed by atoms with E-state index < -0.39 is 6.36 Å². The number of nitrogens with zero attached hydrogens (tertiary/aromatic N) is 2. The predicted octanol–water partition coefficient (Wildman–Crippen LogP) is 3.00.